The molecule has 0 aliphatic carbocycles. The van der Waals surface area contributed by atoms with E-state index in [2.05, 4.69) is 0 Å². The number of aliphatic hydroxyl groups is 1. The first kappa shape index (κ1) is 12.3. The number of allylic oxidation sites excluding steroid dienone is 1. The van der Waals surface area contributed by atoms with Crippen LogP contribution in [0.25, 0.3) is 0 Å². The topological polar surface area (TPSA) is 20.2 Å². The number of hydrogen-bond acceptors (Lipinski definition) is 1. The summed E-state index contributed by atoms with van der Waals surface area (Å²) < 4.78 is 58.8. The molecule has 0 unspecified atom stereocenters. The number of halogens is 5. The number of alkyl halides is 3. The molecule has 0 aromatic carbocycles. The Kier molecular flexibility index (Phi) is 4.90. The summed E-state index contributed by atoms with van der Waals surface area (Å²) in [6.45, 7) is -0.293. The first-order valence-corrected chi connectivity index (χ1v) is 3.61. The zero-order valence-corrected chi connectivity index (χ0v) is 6.67. The maximum Gasteiger partial charge on any atom is 0.417 e. The van der Waals surface area contributed by atoms with Gasteiger partial charge in [0.2, 0.25) is 0 Å². The Morgan fingerprint density at radius 1 is 1.08 bits per heavy atom. The lowest BCUT2D eigenvalue weighted by molar-refractivity contribution is -0.0978. The average Bonchev–Trinajstić information content (AvgIpc) is 1.94. The molecule has 1 nitrogen and oxygen atoms in total. The van der Waals surface area contributed by atoms with Crippen molar-refractivity contribution >= 4 is 0 Å². The fourth-order valence-electron chi connectivity index (χ4n) is 0.757. The molecule has 0 aromatic heterocycles. The molecule has 0 rings (SSSR count). The summed E-state index contributed by atoms with van der Waals surface area (Å²) in [5, 5.41) is 8.24. The standard InChI is InChI=1S/C7H9F5O/c8-6(9)5(7(10,11)12)3-1-2-4-13/h13H,1-4H2. The number of aliphatic hydroxyl groups excluding tert-OH is 1. The third-order valence-electron chi connectivity index (χ3n) is 1.41. The molecule has 0 radical (unpaired) electrons. The molecule has 13 heavy (non-hydrogen) atoms. The zero-order valence-electron chi connectivity index (χ0n) is 6.67. The highest BCUT2D eigenvalue weighted by atomic mass is 19.4. The molecule has 0 aliphatic rings. The molecular formula is C7H9F5O. The Balaban J connectivity index is 4.23. The van der Waals surface area contributed by atoms with Crippen molar-refractivity contribution in [3.05, 3.63) is 11.7 Å². The lowest BCUT2D eigenvalue weighted by atomic mass is 10.1. The molecule has 0 aliphatic heterocycles. The van der Waals surface area contributed by atoms with Crippen molar-refractivity contribution in [2.45, 2.75) is 25.4 Å². The van der Waals surface area contributed by atoms with E-state index in [9.17, 15) is 22.0 Å². The minimum Gasteiger partial charge on any atom is -0.396 e. The van der Waals surface area contributed by atoms with E-state index in [0.29, 0.717) is 0 Å². The van der Waals surface area contributed by atoms with Gasteiger partial charge in [-0.05, 0) is 19.3 Å². The minimum absolute atomic E-state index is 0.0901. The summed E-state index contributed by atoms with van der Waals surface area (Å²) in [7, 11) is 0. The molecule has 1 N–H and O–H groups in total. The van der Waals surface area contributed by atoms with E-state index in [1.54, 1.807) is 0 Å². The lowest BCUT2D eigenvalue weighted by Crippen LogP contribution is -2.13. The number of hydrogen-bond donors (Lipinski definition) is 1. The van der Waals surface area contributed by atoms with Crippen molar-refractivity contribution in [1.82, 2.24) is 0 Å². The van der Waals surface area contributed by atoms with E-state index < -0.39 is 24.3 Å². The van der Waals surface area contributed by atoms with Crippen LogP contribution in [0.4, 0.5) is 22.0 Å². The third-order valence-corrected chi connectivity index (χ3v) is 1.41. The van der Waals surface area contributed by atoms with Gasteiger partial charge < -0.3 is 5.11 Å². The van der Waals surface area contributed by atoms with Gasteiger partial charge in [-0.1, -0.05) is 0 Å². The van der Waals surface area contributed by atoms with Gasteiger partial charge in [0, 0.05) is 6.61 Å². The van der Waals surface area contributed by atoms with Gasteiger partial charge in [-0.25, -0.2) is 0 Å². The van der Waals surface area contributed by atoms with Gasteiger partial charge in [0.1, 0.15) is 0 Å². The minimum atomic E-state index is -4.96. The Labute approximate surface area is 71.9 Å². The van der Waals surface area contributed by atoms with Gasteiger partial charge in [0.15, 0.2) is 0 Å². The molecule has 0 amide bonds. The summed E-state index contributed by atoms with van der Waals surface area (Å²) in [6, 6.07) is 0. The van der Waals surface area contributed by atoms with Crippen LogP contribution in [0.3, 0.4) is 0 Å². The largest absolute Gasteiger partial charge is 0.417 e. The van der Waals surface area contributed by atoms with Crippen LogP contribution in [-0.4, -0.2) is 17.9 Å². The van der Waals surface area contributed by atoms with Crippen LogP contribution in [0.1, 0.15) is 19.3 Å². The molecular weight excluding hydrogens is 195 g/mol. The van der Waals surface area contributed by atoms with Crippen LogP contribution in [0, 0.1) is 0 Å². The Morgan fingerprint density at radius 3 is 1.92 bits per heavy atom. The summed E-state index contributed by atoms with van der Waals surface area (Å²) in [5.74, 6) is 0. The number of unbranched alkanes of at least 4 members (excludes halogenated alkanes) is 1. The van der Waals surface area contributed by atoms with Crippen molar-refractivity contribution in [2.24, 2.45) is 0 Å². The smallest absolute Gasteiger partial charge is 0.396 e. The fourth-order valence-corrected chi connectivity index (χ4v) is 0.757. The van der Waals surface area contributed by atoms with Gasteiger partial charge >= 0.3 is 6.18 Å². The van der Waals surface area contributed by atoms with Crippen molar-refractivity contribution in [3.63, 3.8) is 0 Å². The molecule has 0 bridgehead atoms. The number of rotatable bonds is 4. The molecule has 0 heterocycles. The first-order chi connectivity index (χ1) is 5.89. The van der Waals surface area contributed by atoms with Crippen LogP contribution in [0.15, 0.2) is 11.7 Å². The van der Waals surface area contributed by atoms with Gasteiger partial charge in [0.05, 0.1) is 5.57 Å². The highest BCUT2D eigenvalue weighted by molar-refractivity contribution is 5.09. The van der Waals surface area contributed by atoms with Crippen molar-refractivity contribution in [2.75, 3.05) is 6.61 Å². The third kappa shape index (κ3) is 4.82. The highest BCUT2D eigenvalue weighted by Gasteiger charge is 2.36. The summed E-state index contributed by atoms with van der Waals surface area (Å²) in [5.41, 5.74) is -1.79. The Bertz CT molecular complexity index is 180. The quantitative estimate of drug-likeness (QED) is 0.551. The second-order valence-electron chi connectivity index (χ2n) is 2.42. The normalized spacial score (nSPS) is 11.5. The molecule has 0 aromatic rings. The molecule has 0 saturated heterocycles. The van der Waals surface area contributed by atoms with E-state index in [4.69, 9.17) is 5.11 Å². The van der Waals surface area contributed by atoms with Crippen LogP contribution in [0.5, 0.6) is 0 Å². The van der Waals surface area contributed by atoms with Crippen LogP contribution < -0.4 is 0 Å². The van der Waals surface area contributed by atoms with Crippen LogP contribution in [-0.2, 0) is 0 Å². The van der Waals surface area contributed by atoms with Crippen molar-refractivity contribution in [1.29, 1.82) is 0 Å². The van der Waals surface area contributed by atoms with Gasteiger partial charge in [-0.2, -0.15) is 22.0 Å². The maximum atomic E-state index is 11.8. The first-order valence-electron chi connectivity index (χ1n) is 3.61. The van der Waals surface area contributed by atoms with Gasteiger partial charge in [0.25, 0.3) is 6.08 Å². The van der Waals surface area contributed by atoms with E-state index in [-0.39, 0.29) is 19.4 Å². The fraction of sp³-hybridized carbons (Fsp3) is 0.714. The van der Waals surface area contributed by atoms with E-state index >= 15 is 0 Å². The zero-order chi connectivity index (χ0) is 10.5. The molecule has 0 spiro atoms. The average molecular weight is 204 g/mol. The second kappa shape index (κ2) is 5.16. The molecule has 0 atom stereocenters. The SMILES string of the molecule is OCCCCC(=C(F)F)C(F)(F)F. The van der Waals surface area contributed by atoms with Crippen LogP contribution >= 0.6 is 0 Å². The summed E-state index contributed by atoms with van der Waals surface area (Å²) >= 11 is 0. The van der Waals surface area contributed by atoms with Crippen LogP contribution in [0.2, 0.25) is 0 Å². The second-order valence-corrected chi connectivity index (χ2v) is 2.42. The van der Waals surface area contributed by atoms with Crippen molar-refractivity contribution < 1.29 is 27.1 Å². The van der Waals surface area contributed by atoms with E-state index in [1.165, 1.54) is 0 Å². The molecule has 78 valence electrons. The van der Waals surface area contributed by atoms with E-state index in [1.807, 2.05) is 0 Å². The highest BCUT2D eigenvalue weighted by Crippen LogP contribution is 2.32. The lowest BCUT2D eigenvalue weighted by Gasteiger charge is -2.09. The monoisotopic (exact) mass is 204 g/mol. The van der Waals surface area contributed by atoms with Crippen molar-refractivity contribution in [3.8, 4) is 0 Å². The summed E-state index contributed by atoms with van der Waals surface area (Å²) in [4.78, 5) is 0. The van der Waals surface area contributed by atoms with Gasteiger partial charge in [-0.3, -0.25) is 0 Å². The maximum absolute atomic E-state index is 11.8. The predicted octanol–water partition coefficient (Wildman–Crippen LogP) is 2.86. The predicted molar refractivity (Wildman–Crippen MR) is 36.2 cm³/mol. The Morgan fingerprint density at radius 2 is 1.62 bits per heavy atom. The van der Waals surface area contributed by atoms with E-state index in [0.717, 1.165) is 0 Å². The van der Waals surface area contributed by atoms with Gasteiger partial charge in [-0.15, -0.1) is 0 Å². The molecule has 6 heteroatoms. The summed E-state index contributed by atoms with van der Waals surface area (Å²) in [6.07, 6.45) is -8.40. The molecule has 0 fully saturated rings. The molecule has 0 saturated carbocycles. The Hall–Kier alpha value is -0.650.